The summed E-state index contributed by atoms with van der Waals surface area (Å²) < 4.78 is 5.57. The van der Waals surface area contributed by atoms with E-state index in [0.717, 1.165) is 32.8 Å². The lowest BCUT2D eigenvalue weighted by molar-refractivity contribution is 0.172. The number of ether oxygens (including phenoxy) is 1. The highest BCUT2D eigenvalue weighted by atomic mass is 16.5. The zero-order valence-corrected chi connectivity index (χ0v) is 11.3. The molecule has 1 aromatic rings. The molecule has 1 aliphatic rings. The molecule has 1 N–H and O–H groups in total. The van der Waals surface area contributed by atoms with Crippen LogP contribution in [-0.4, -0.2) is 49.3 Å². The molecule has 18 heavy (non-hydrogen) atoms. The second-order valence-corrected chi connectivity index (χ2v) is 5.02. The van der Waals surface area contributed by atoms with Crippen LogP contribution >= 0.6 is 0 Å². The molecule has 2 unspecified atom stereocenters. The summed E-state index contributed by atoms with van der Waals surface area (Å²) in [7, 11) is 2.16. The summed E-state index contributed by atoms with van der Waals surface area (Å²) in [6, 6.07) is 4.62. The first-order valence-electron chi connectivity index (χ1n) is 6.68. The van der Waals surface area contributed by atoms with Crippen LogP contribution in [0, 0.1) is 5.92 Å². The van der Waals surface area contributed by atoms with E-state index >= 15 is 0 Å². The first-order chi connectivity index (χ1) is 8.79. The van der Waals surface area contributed by atoms with Crippen LogP contribution < -0.4 is 5.32 Å². The quantitative estimate of drug-likeness (QED) is 0.820. The number of rotatable bonds is 6. The third-order valence-corrected chi connectivity index (χ3v) is 3.39. The molecule has 4 nitrogen and oxygen atoms in total. The zero-order valence-electron chi connectivity index (χ0n) is 11.3. The van der Waals surface area contributed by atoms with Crippen molar-refractivity contribution in [1.29, 1.82) is 0 Å². The molecule has 0 aromatic carbocycles. The van der Waals surface area contributed by atoms with Crippen molar-refractivity contribution in [1.82, 2.24) is 15.2 Å². The minimum Gasteiger partial charge on any atom is -0.379 e. The molecule has 2 rings (SSSR count). The van der Waals surface area contributed by atoms with Crippen molar-refractivity contribution in [2.75, 3.05) is 33.4 Å². The Balaban J connectivity index is 1.81. The van der Waals surface area contributed by atoms with Gasteiger partial charge in [0.05, 0.1) is 13.2 Å². The second kappa shape index (κ2) is 6.83. The molecule has 0 spiro atoms. The predicted molar refractivity (Wildman–Crippen MR) is 72.3 cm³/mol. The van der Waals surface area contributed by atoms with Gasteiger partial charge in [-0.25, -0.2) is 0 Å². The lowest BCUT2D eigenvalue weighted by Gasteiger charge is -2.24. The first-order valence-corrected chi connectivity index (χ1v) is 6.68. The fourth-order valence-corrected chi connectivity index (χ4v) is 2.53. The summed E-state index contributed by atoms with van der Waals surface area (Å²) in [5, 5.41) is 3.50. The number of likely N-dealkylation sites (N-methyl/N-ethyl adjacent to an activating group) is 1. The smallest absolute Gasteiger partial charge is 0.0623 e. The molecule has 2 atom stereocenters. The van der Waals surface area contributed by atoms with E-state index in [1.54, 1.807) is 0 Å². The number of nitrogens with one attached hydrogen (secondary N) is 1. The summed E-state index contributed by atoms with van der Waals surface area (Å²) in [4.78, 5) is 6.50. The average Bonchev–Trinajstić information content (AvgIpc) is 2.78. The van der Waals surface area contributed by atoms with Gasteiger partial charge in [-0.3, -0.25) is 4.98 Å². The fourth-order valence-electron chi connectivity index (χ4n) is 2.53. The van der Waals surface area contributed by atoms with Crippen LogP contribution in [0.25, 0.3) is 0 Å². The molecule has 1 saturated heterocycles. The first kappa shape index (κ1) is 13.5. The molecule has 2 heterocycles. The van der Waals surface area contributed by atoms with Gasteiger partial charge in [0.25, 0.3) is 0 Å². The van der Waals surface area contributed by atoms with Gasteiger partial charge in [-0.15, -0.1) is 0 Å². The van der Waals surface area contributed by atoms with E-state index in [1.807, 2.05) is 18.5 Å². The number of hydrogen-bond acceptors (Lipinski definition) is 4. The second-order valence-electron chi connectivity index (χ2n) is 5.02. The van der Waals surface area contributed by atoms with E-state index in [-0.39, 0.29) is 0 Å². The van der Waals surface area contributed by atoms with Crippen molar-refractivity contribution >= 4 is 0 Å². The van der Waals surface area contributed by atoms with Crippen LogP contribution in [0.5, 0.6) is 0 Å². The molecule has 1 aromatic heterocycles. The van der Waals surface area contributed by atoms with E-state index in [9.17, 15) is 0 Å². The highest BCUT2D eigenvalue weighted by Crippen LogP contribution is 2.15. The maximum absolute atomic E-state index is 5.57. The molecule has 0 bridgehead atoms. The van der Waals surface area contributed by atoms with Crippen LogP contribution in [0.3, 0.4) is 0 Å². The van der Waals surface area contributed by atoms with Crippen molar-refractivity contribution in [3.8, 4) is 0 Å². The molecule has 1 fully saturated rings. The maximum Gasteiger partial charge on any atom is 0.0623 e. The van der Waals surface area contributed by atoms with Crippen LogP contribution in [0.2, 0.25) is 0 Å². The average molecular weight is 249 g/mol. The van der Waals surface area contributed by atoms with E-state index in [2.05, 4.69) is 35.2 Å². The van der Waals surface area contributed by atoms with Gasteiger partial charge >= 0.3 is 0 Å². The van der Waals surface area contributed by atoms with E-state index in [1.165, 1.54) is 5.56 Å². The summed E-state index contributed by atoms with van der Waals surface area (Å²) in [6.45, 7) is 6.88. The molecule has 100 valence electrons. The Hall–Kier alpha value is -0.970. The Labute approximate surface area is 109 Å². The SMILES string of the molecule is CCNC1COCC1CN(C)Cc1cccnc1. The highest BCUT2D eigenvalue weighted by molar-refractivity contribution is 5.08. The molecule has 0 amide bonds. The lowest BCUT2D eigenvalue weighted by Crippen LogP contribution is -2.40. The fraction of sp³-hybridized carbons (Fsp3) is 0.643. The number of pyridine rings is 1. The molecule has 4 heteroatoms. The molecular formula is C14H23N3O. The zero-order chi connectivity index (χ0) is 12.8. The summed E-state index contributed by atoms with van der Waals surface area (Å²) in [6.07, 6.45) is 3.75. The maximum atomic E-state index is 5.57. The van der Waals surface area contributed by atoms with Gasteiger partial charge in [0.1, 0.15) is 0 Å². The standard InChI is InChI=1S/C14H23N3O/c1-3-16-14-11-18-10-13(14)9-17(2)8-12-5-4-6-15-7-12/h4-7,13-14,16H,3,8-11H2,1-2H3. The number of aromatic nitrogens is 1. The topological polar surface area (TPSA) is 37.4 Å². The van der Waals surface area contributed by atoms with E-state index < -0.39 is 0 Å². The molecule has 0 radical (unpaired) electrons. The van der Waals surface area contributed by atoms with E-state index in [0.29, 0.717) is 12.0 Å². The van der Waals surface area contributed by atoms with Crippen molar-refractivity contribution in [3.05, 3.63) is 30.1 Å². The van der Waals surface area contributed by atoms with Crippen LogP contribution in [-0.2, 0) is 11.3 Å². The Kier molecular flexibility index (Phi) is 5.11. The molecule has 1 aliphatic heterocycles. The van der Waals surface area contributed by atoms with Crippen LogP contribution in [0.4, 0.5) is 0 Å². The number of hydrogen-bond donors (Lipinski definition) is 1. The third kappa shape index (κ3) is 3.77. The Morgan fingerprint density at radius 2 is 2.39 bits per heavy atom. The predicted octanol–water partition coefficient (Wildman–Crippen LogP) is 1.14. The summed E-state index contributed by atoms with van der Waals surface area (Å²) in [5.74, 6) is 0.589. The summed E-state index contributed by atoms with van der Waals surface area (Å²) >= 11 is 0. The van der Waals surface area contributed by atoms with Gasteiger partial charge in [0, 0.05) is 37.4 Å². The van der Waals surface area contributed by atoms with Gasteiger partial charge in [0.15, 0.2) is 0 Å². The van der Waals surface area contributed by atoms with Crippen LogP contribution in [0.15, 0.2) is 24.5 Å². The van der Waals surface area contributed by atoms with E-state index in [4.69, 9.17) is 4.74 Å². The third-order valence-electron chi connectivity index (χ3n) is 3.39. The highest BCUT2D eigenvalue weighted by Gasteiger charge is 2.28. The van der Waals surface area contributed by atoms with Crippen molar-refractivity contribution in [3.63, 3.8) is 0 Å². The molecular weight excluding hydrogens is 226 g/mol. The largest absolute Gasteiger partial charge is 0.379 e. The molecule has 0 aliphatic carbocycles. The normalized spacial score (nSPS) is 23.7. The van der Waals surface area contributed by atoms with Crippen molar-refractivity contribution in [2.45, 2.75) is 19.5 Å². The van der Waals surface area contributed by atoms with Gasteiger partial charge < -0.3 is 15.0 Å². The van der Waals surface area contributed by atoms with Crippen LogP contribution in [0.1, 0.15) is 12.5 Å². The summed E-state index contributed by atoms with van der Waals surface area (Å²) in [5.41, 5.74) is 1.26. The number of nitrogens with zero attached hydrogens (tertiary/aromatic N) is 2. The van der Waals surface area contributed by atoms with Gasteiger partial charge in [-0.2, -0.15) is 0 Å². The Morgan fingerprint density at radius 1 is 1.50 bits per heavy atom. The minimum absolute atomic E-state index is 0.506. The van der Waals surface area contributed by atoms with Crippen molar-refractivity contribution in [2.24, 2.45) is 5.92 Å². The minimum atomic E-state index is 0.506. The van der Waals surface area contributed by atoms with Gasteiger partial charge in [-0.1, -0.05) is 13.0 Å². The Morgan fingerprint density at radius 3 is 3.11 bits per heavy atom. The van der Waals surface area contributed by atoms with Crippen molar-refractivity contribution < 1.29 is 4.74 Å². The van der Waals surface area contributed by atoms with Gasteiger partial charge in [-0.05, 0) is 25.2 Å². The molecule has 0 saturated carbocycles. The van der Waals surface area contributed by atoms with Gasteiger partial charge in [0.2, 0.25) is 0 Å². The lowest BCUT2D eigenvalue weighted by atomic mass is 10.0. The Bertz CT molecular complexity index is 344. The monoisotopic (exact) mass is 249 g/mol.